The van der Waals surface area contributed by atoms with Crippen LogP contribution in [0.2, 0.25) is 0 Å². The van der Waals surface area contributed by atoms with Crippen molar-refractivity contribution in [3.63, 3.8) is 0 Å². The number of carbonyl (C=O) groups excluding carboxylic acids is 1. The Labute approximate surface area is 224 Å². The van der Waals surface area contributed by atoms with E-state index in [0.29, 0.717) is 30.7 Å². The van der Waals surface area contributed by atoms with Crippen molar-refractivity contribution in [2.75, 3.05) is 69.9 Å². The fourth-order valence-corrected chi connectivity index (χ4v) is 5.52. The molecular weight excluding hydrogens is 484 g/mol. The molecular formula is C28H40N6O4. The Balaban J connectivity index is 1.47. The van der Waals surface area contributed by atoms with Gasteiger partial charge in [-0.15, -0.1) is 0 Å². The number of anilines is 2. The molecule has 3 heterocycles. The molecule has 5 rings (SSSR count). The maximum atomic E-state index is 12.1. The Hall–Kier alpha value is -2.95. The number of aliphatic hydroxyl groups excluding tert-OH is 1. The molecule has 206 valence electrons. The molecule has 2 aliphatic heterocycles. The van der Waals surface area contributed by atoms with E-state index in [1.54, 1.807) is 14.0 Å². The second-order valence-corrected chi connectivity index (χ2v) is 10.7. The molecule has 3 aliphatic rings. The Morgan fingerprint density at radius 2 is 2.05 bits per heavy atom. The van der Waals surface area contributed by atoms with Crippen LogP contribution in [0.15, 0.2) is 30.3 Å². The summed E-state index contributed by atoms with van der Waals surface area (Å²) in [7, 11) is 3.91. The number of hydrogen-bond acceptors (Lipinski definition) is 9. The second-order valence-electron chi connectivity index (χ2n) is 10.7. The molecule has 2 aromatic rings. The van der Waals surface area contributed by atoms with Crippen molar-refractivity contribution in [1.29, 1.82) is 0 Å². The first-order chi connectivity index (χ1) is 18.4. The smallest absolute Gasteiger partial charge is 0.219 e. The first kappa shape index (κ1) is 26.6. The average molecular weight is 525 g/mol. The molecule has 1 atom stereocenters. The summed E-state index contributed by atoms with van der Waals surface area (Å²) in [6, 6.07) is 10.2. The molecule has 1 aromatic carbocycles. The SMILES string of the molecule is CNCC(O)COc1cccc(-c2nc(N(C)C3CCOCC3)cc(N3CCN(C(C)=O)CC34CC4)n2)c1. The summed E-state index contributed by atoms with van der Waals surface area (Å²) in [6.07, 6.45) is 3.44. The monoisotopic (exact) mass is 524 g/mol. The van der Waals surface area contributed by atoms with E-state index in [0.717, 1.165) is 69.2 Å². The lowest BCUT2D eigenvalue weighted by Gasteiger charge is -2.43. The zero-order valence-corrected chi connectivity index (χ0v) is 22.7. The molecule has 2 N–H and O–H groups in total. The summed E-state index contributed by atoms with van der Waals surface area (Å²) in [4.78, 5) is 28.8. The van der Waals surface area contributed by atoms with Gasteiger partial charge in [0.2, 0.25) is 5.91 Å². The third-order valence-corrected chi connectivity index (χ3v) is 7.97. The molecule has 2 saturated heterocycles. The van der Waals surface area contributed by atoms with Crippen molar-refractivity contribution in [3.05, 3.63) is 30.3 Å². The summed E-state index contributed by atoms with van der Waals surface area (Å²) < 4.78 is 11.5. The largest absolute Gasteiger partial charge is 0.491 e. The van der Waals surface area contributed by atoms with Crippen molar-refractivity contribution in [2.24, 2.45) is 0 Å². The number of benzene rings is 1. The fraction of sp³-hybridized carbons (Fsp3) is 0.607. The van der Waals surface area contributed by atoms with Crippen molar-refractivity contribution >= 4 is 17.5 Å². The van der Waals surface area contributed by atoms with Crippen LogP contribution in [0.1, 0.15) is 32.6 Å². The van der Waals surface area contributed by atoms with Crippen LogP contribution in [0.4, 0.5) is 11.6 Å². The molecule has 0 radical (unpaired) electrons. The van der Waals surface area contributed by atoms with E-state index in [9.17, 15) is 9.90 Å². The van der Waals surface area contributed by atoms with Crippen molar-refractivity contribution < 1.29 is 19.4 Å². The van der Waals surface area contributed by atoms with E-state index in [1.165, 1.54) is 0 Å². The van der Waals surface area contributed by atoms with Crippen LogP contribution >= 0.6 is 0 Å². The Morgan fingerprint density at radius 1 is 1.26 bits per heavy atom. The zero-order chi connectivity index (χ0) is 26.7. The van der Waals surface area contributed by atoms with Crippen LogP contribution in [0, 0.1) is 0 Å². The van der Waals surface area contributed by atoms with Crippen LogP contribution in [0.3, 0.4) is 0 Å². The Kier molecular flexibility index (Phi) is 8.01. The quantitative estimate of drug-likeness (QED) is 0.509. The van der Waals surface area contributed by atoms with Gasteiger partial charge in [0.25, 0.3) is 0 Å². The van der Waals surface area contributed by atoms with Gasteiger partial charge >= 0.3 is 0 Å². The molecule has 10 nitrogen and oxygen atoms in total. The number of nitrogens with zero attached hydrogens (tertiary/aromatic N) is 5. The van der Waals surface area contributed by atoms with Gasteiger partial charge in [-0.2, -0.15) is 0 Å². The fourth-order valence-electron chi connectivity index (χ4n) is 5.52. The lowest BCUT2D eigenvalue weighted by Crippen LogP contribution is -2.56. The number of amides is 1. The van der Waals surface area contributed by atoms with E-state index in [-0.39, 0.29) is 18.1 Å². The topological polar surface area (TPSA) is 103 Å². The van der Waals surface area contributed by atoms with Gasteiger partial charge < -0.3 is 34.6 Å². The first-order valence-electron chi connectivity index (χ1n) is 13.7. The number of hydrogen-bond donors (Lipinski definition) is 2. The predicted molar refractivity (Wildman–Crippen MR) is 147 cm³/mol. The van der Waals surface area contributed by atoms with Gasteiger partial charge in [0.05, 0.1) is 5.54 Å². The molecule has 0 bridgehead atoms. The molecule has 3 fully saturated rings. The highest BCUT2D eigenvalue weighted by molar-refractivity contribution is 5.74. The van der Waals surface area contributed by atoms with Gasteiger partial charge in [-0.05, 0) is 44.9 Å². The lowest BCUT2D eigenvalue weighted by molar-refractivity contribution is -0.129. The summed E-state index contributed by atoms with van der Waals surface area (Å²) in [5.74, 6) is 3.23. The number of rotatable bonds is 9. The maximum absolute atomic E-state index is 12.1. The molecule has 1 amide bonds. The number of nitrogens with one attached hydrogen (secondary N) is 1. The summed E-state index contributed by atoms with van der Waals surface area (Å²) in [5.41, 5.74) is 0.819. The van der Waals surface area contributed by atoms with Gasteiger partial charge in [0.15, 0.2) is 5.82 Å². The highest BCUT2D eigenvalue weighted by Crippen LogP contribution is 2.46. The standard InChI is InChI=1S/C28H40N6O4/c1-20(35)33-11-12-34(28(19-33)9-10-28)26-16-25(32(3)22-7-13-37-14-8-22)30-27(31-26)21-5-4-6-24(15-21)38-18-23(36)17-29-2/h4-6,15-16,22-23,29,36H,7-14,17-19H2,1-3H3. The number of ether oxygens (including phenoxy) is 2. The highest BCUT2D eigenvalue weighted by atomic mass is 16.5. The van der Waals surface area contributed by atoms with Gasteiger partial charge in [-0.1, -0.05) is 12.1 Å². The minimum absolute atomic E-state index is 0.0432. The van der Waals surface area contributed by atoms with Gasteiger partial charge in [-0.25, -0.2) is 9.97 Å². The molecule has 1 aromatic heterocycles. The van der Waals surface area contributed by atoms with E-state index in [1.807, 2.05) is 29.2 Å². The third-order valence-electron chi connectivity index (χ3n) is 7.97. The number of aromatic nitrogens is 2. The average Bonchev–Trinajstić information content (AvgIpc) is 3.71. The van der Waals surface area contributed by atoms with Crippen LogP contribution in [-0.2, 0) is 9.53 Å². The molecule has 10 heteroatoms. The predicted octanol–water partition coefficient (Wildman–Crippen LogP) is 1.92. The molecule has 38 heavy (non-hydrogen) atoms. The molecule has 1 spiro atoms. The summed E-state index contributed by atoms with van der Waals surface area (Å²) in [5, 5.41) is 13.0. The van der Waals surface area contributed by atoms with Crippen molar-refractivity contribution in [2.45, 2.75) is 50.3 Å². The summed E-state index contributed by atoms with van der Waals surface area (Å²) in [6.45, 7) is 6.02. The zero-order valence-electron chi connectivity index (χ0n) is 22.7. The second kappa shape index (κ2) is 11.4. The Morgan fingerprint density at radius 3 is 2.76 bits per heavy atom. The van der Waals surface area contributed by atoms with Gasteiger partial charge in [-0.3, -0.25) is 4.79 Å². The van der Waals surface area contributed by atoms with E-state index in [2.05, 4.69) is 28.2 Å². The third kappa shape index (κ3) is 5.87. The van der Waals surface area contributed by atoms with Crippen LogP contribution in [0.5, 0.6) is 5.75 Å². The van der Waals surface area contributed by atoms with Crippen molar-refractivity contribution in [3.8, 4) is 17.1 Å². The molecule has 1 saturated carbocycles. The van der Waals surface area contributed by atoms with Crippen LogP contribution < -0.4 is 19.9 Å². The summed E-state index contributed by atoms with van der Waals surface area (Å²) >= 11 is 0. The number of aliphatic hydroxyl groups is 1. The normalized spacial score (nSPS) is 19.9. The van der Waals surface area contributed by atoms with Gasteiger partial charge in [0, 0.05) is 71.0 Å². The number of likely N-dealkylation sites (N-methyl/N-ethyl adjacent to an activating group) is 1. The van der Waals surface area contributed by atoms with Crippen LogP contribution in [-0.4, -0.2) is 104 Å². The number of carbonyl (C=O) groups is 1. The highest BCUT2D eigenvalue weighted by Gasteiger charge is 2.52. The van der Waals surface area contributed by atoms with Crippen molar-refractivity contribution in [1.82, 2.24) is 20.2 Å². The van der Waals surface area contributed by atoms with Gasteiger partial charge in [0.1, 0.15) is 30.1 Å². The van der Waals surface area contributed by atoms with E-state index < -0.39 is 6.10 Å². The first-order valence-corrected chi connectivity index (χ1v) is 13.7. The minimum atomic E-state index is -0.591. The van der Waals surface area contributed by atoms with Crippen LogP contribution in [0.25, 0.3) is 11.4 Å². The number of piperazine rings is 1. The maximum Gasteiger partial charge on any atom is 0.219 e. The lowest BCUT2D eigenvalue weighted by atomic mass is 10.1. The van der Waals surface area contributed by atoms with E-state index in [4.69, 9.17) is 19.4 Å². The Bertz CT molecular complexity index is 1120. The van der Waals surface area contributed by atoms with E-state index >= 15 is 0 Å². The molecule has 1 unspecified atom stereocenters. The minimum Gasteiger partial charge on any atom is -0.491 e. The molecule has 1 aliphatic carbocycles.